The first kappa shape index (κ1) is 8.53. The van der Waals surface area contributed by atoms with Gasteiger partial charge in [-0.25, -0.2) is 0 Å². The number of rotatable bonds is 1. The summed E-state index contributed by atoms with van der Waals surface area (Å²) in [6.07, 6.45) is 0.760. The molecule has 3 unspecified atom stereocenters. The van der Waals surface area contributed by atoms with E-state index in [1.807, 2.05) is 13.8 Å². The summed E-state index contributed by atoms with van der Waals surface area (Å²) < 4.78 is 0. The van der Waals surface area contributed by atoms with Crippen molar-refractivity contribution in [1.29, 1.82) is 0 Å². The molecule has 1 saturated heterocycles. The van der Waals surface area contributed by atoms with Gasteiger partial charge in [-0.1, -0.05) is 6.92 Å². The lowest BCUT2D eigenvalue weighted by Gasteiger charge is -2.30. The van der Waals surface area contributed by atoms with Crippen molar-refractivity contribution in [2.75, 3.05) is 6.54 Å². The Morgan fingerprint density at radius 3 is 2.64 bits per heavy atom. The van der Waals surface area contributed by atoms with Crippen LogP contribution in [0, 0.1) is 11.8 Å². The van der Waals surface area contributed by atoms with Gasteiger partial charge >= 0.3 is 5.97 Å². The van der Waals surface area contributed by atoms with Crippen molar-refractivity contribution in [2.45, 2.75) is 26.3 Å². The van der Waals surface area contributed by atoms with Gasteiger partial charge in [-0.3, -0.25) is 4.79 Å². The fourth-order valence-electron chi connectivity index (χ4n) is 1.57. The summed E-state index contributed by atoms with van der Waals surface area (Å²) in [5.74, 6) is -0.527. The van der Waals surface area contributed by atoms with E-state index in [2.05, 4.69) is 5.32 Å². The molecule has 1 aliphatic heterocycles. The fourth-order valence-corrected chi connectivity index (χ4v) is 1.57. The minimum Gasteiger partial charge on any atom is -0.481 e. The Kier molecular flexibility index (Phi) is 2.49. The van der Waals surface area contributed by atoms with Gasteiger partial charge in [-0.2, -0.15) is 0 Å². The van der Waals surface area contributed by atoms with Crippen molar-refractivity contribution in [1.82, 2.24) is 5.32 Å². The third-order valence-corrected chi connectivity index (χ3v) is 2.40. The van der Waals surface area contributed by atoms with Crippen molar-refractivity contribution < 1.29 is 9.90 Å². The summed E-state index contributed by atoms with van der Waals surface area (Å²) in [5.41, 5.74) is 0. The lowest BCUT2D eigenvalue weighted by Crippen LogP contribution is -2.43. The SMILES string of the molecule is CC1CC(C(=O)O)C(C)CN1. The van der Waals surface area contributed by atoms with Crippen LogP contribution in [-0.2, 0) is 4.79 Å². The average Bonchev–Trinajstić information content (AvgIpc) is 1.94. The predicted octanol–water partition coefficient (Wildman–Crippen LogP) is 0.705. The average molecular weight is 157 g/mol. The molecule has 3 nitrogen and oxygen atoms in total. The van der Waals surface area contributed by atoms with Gasteiger partial charge in [-0.05, 0) is 25.8 Å². The van der Waals surface area contributed by atoms with E-state index in [4.69, 9.17) is 5.11 Å². The second-order valence-corrected chi connectivity index (χ2v) is 3.47. The Bertz CT molecular complexity index is 158. The molecule has 0 bridgehead atoms. The minimum absolute atomic E-state index is 0.147. The molecule has 1 rings (SSSR count). The van der Waals surface area contributed by atoms with E-state index < -0.39 is 5.97 Å². The van der Waals surface area contributed by atoms with Crippen LogP contribution >= 0.6 is 0 Å². The highest BCUT2D eigenvalue weighted by molar-refractivity contribution is 5.70. The number of carboxylic acid groups (broad SMARTS) is 1. The van der Waals surface area contributed by atoms with Gasteiger partial charge in [0.15, 0.2) is 0 Å². The quantitative estimate of drug-likeness (QED) is 0.589. The van der Waals surface area contributed by atoms with E-state index in [0.29, 0.717) is 6.04 Å². The topological polar surface area (TPSA) is 49.3 Å². The molecular weight excluding hydrogens is 142 g/mol. The molecule has 1 heterocycles. The van der Waals surface area contributed by atoms with Crippen LogP contribution in [0.1, 0.15) is 20.3 Å². The molecule has 64 valence electrons. The maximum atomic E-state index is 10.7. The first-order valence-corrected chi connectivity index (χ1v) is 4.07. The largest absolute Gasteiger partial charge is 0.481 e. The molecule has 11 heavy (non-hydrogen) atoms. The molecule has 0 saturated carbocycles. The maximum absolute atomic E-state index is 10.7. The van der Waals surface area contributed by atoms with Gasteiger partial charge in [-0.15, -0.1) is 0 Å². The monoisotopic (exact) mass is 157 g/mol. The van der Waals surface area contributed by atoms with E-state index in [-0.39, 0.29) is 11.8 Å². The zero-order valence-corrected chi connectivity index (χ0v) is 7.00. The highest BCUT2D eigenvalue weighted by Gasteiger charge is 2.30. The summed E-state index contributed by atoms with van der Waals surface area (Å²) in [6.45, 7) is 4.84. The number of carbonyl (C=O) groups is 1. The number of aliphatic carboxylic acids is 1. The zero-order valence-electron chi connectivity index (χ0n) is 7.00. The molecule has 0 spiro atoms. The van der Waals surface area contributed by atoms with Crippen LogP contribution in [0.5, 0.6) is 0 Å². The summed E-state index contributed by atoms with van der Waals surface area (Å²) in [7, 11) is 0. The Balaban J connectivity index is 2.54. The normalized spacial score (nSPS) is 38.5. The highest BCUT2D eigenvalue weighted by atomic mass is 16.4. The number of hydrogen-bond donors (Lipinski definition) is 2. The second kappa shape index (κ2) is 3.22. The van der Waals surface area contributed by atoms with Crippen molar-refractivity contribution in [3.8, 4) is 0 Å². The zero-order chi connectivity index (χ0) is 8.43. The van der Waals surface area contributed by atoms with E-state index in [1.165, 1.54) is 0 Å². The molecule has 3 heteroatoms. The van der Waals surface area contributed by atoms with Gasteiger partial charge in [0.25, 0.3) is 0 Å². The predicted molar refractivity (Wildman–Crippen MR) is 42.4 cm³/mol. The first-order valence-electron chi connectivity index (χ1n) is 4.07. The number of carboxylic acids is 1. The number of piperidine rings is 1. The Labute approximate surface area is 66.8 Å². The molecule has 1 fully saturated rings. The van der Waals surface area contributed by atoms with Crippen LogP contribution in [0.3, 0.4) is 0 Å². The van der Waals surface area contributed by atoms with E-state index in [0.717, 1.165) is 13.0 Å². The molecule has 0 aromatic carbocycles. The highest BCUT2D eigenvalue weighted by Crippen LogP contribution is 2.21. The first-order chi connectivity index (χ1) is 5.11. The summed E-state index contributed by atoms with van der Waals surface area (Å²) in [5, 5.41) is 12.1. The maximum Gasteiger partial charge on any atom is 0.306 e. The van der Waals surface area contributed by atoms with E-state index in [1.54, 1.807) is 0 Å². The minimum atomic E-state index is -0.647. The summed E-state index contributed by atoms with van der Waals surface area (Å²) in [4.78, 5) is 10.7. The van der Waals surface area contributed by atoms with Crippen LogP contribution in [0.25, 0.3) is 0 Å². The molecular formula is C8H15NO2. The molecule has 0 aliphatic carbocycles. The lowest BCUT2D eigenvalue weighted by atomic mass is 9.85. The van der Waals surface area contributed by atoms with E-state index in [9.17, 15) is 4.79 Å². The standard InChI is InChI=1S/C8H15NO2/c1-5-4-9-6(2)3-7(5)8(10)11/h5-7,9H,3-4H2,1-2H3,(H,10,11). The molecule has 1 aliphatic rings. The lowest BCUT2D eigenvalue weighted by molar-refractivity contribution is -0.144. The summed E-state index contributed by atoms with van der Waals surface area (Å²) >= 11 is 0. The van der Waals surface area contributed by atoms with E-state index >= 15 is 0 Å². The fraction of sp³-hybridized carbons (Fsp3) is 0.875. The van der Waals surface area contributed by atoms with Crippen LogP contribution < -0.4 is 5.32 Å². The number of nitrogens with one attached hydrogen (secondary N) is 1. The van der Waals surface area contributed by atoms with Crippen LogP contribution in [-0.4, -0.2) is 23.7 Å². The molecule has 3 atom stereocenters. The van der Waals surface area contributed by atoms with Gasteiger partial charge < -0.3 is 10.4 Å². The van der Waals surface area contributed by atoms with Gasteiger partial charge in [0.2, 0.25) is 0 Å². The van der Waals surface area contributed by atoms with Crippen molar-refractivity contribution in [3.05, 3.63) is 0 Å². The smallest absolute Gasteiger partial charge is 0.306 e. The Morgan fingerprint density at radius 2 is 2.18 bits per heavy atom. The second-order valence-electron chi connectivity index (χ2n) is 3.47. The van der Waals surface area contributed by atoms with Gasteiger partial charge in [0.1, 0.15) is 0 Å². The molecule has 2 N–H and O–H groups in total. The van der Waals surface area contributed by atoms with Gasteiger partial charge in [0.05, 0.1) is 5.92 Å². The molecule has 0 aromatic heterocycles. The molecule has 0 amide bonds. The third kappa shape index (κ3) is 1.93. The Hall–Kier alpha value is -0.570. The van der Waals surface area contributed by atoms with Crippen LogP contribution in [0.2, 0.25) is 0 Å². The summed E-state index contributed by atoms with van der Waals surface area (Å²) in [6, 6.07) is 0.354. The molecule has 0 radical (unpaired) electrons. The number of hydrogen-bond acceptors (Lipinski definition) is 2. The van der Waals surface area contributed by atoms with Crippen molar-refractivity contribution in [2.24, 2.45) is 11.8 Å². The van der Waals surface area contributed by atoms with Crippen LogP contribution in [0.15, 0.2) is 0 Å². The third-order valence-electron chi connectivity index (χ3n) is 2.40. The Morgan fingerprint density at radius 1 is 1.55 bits per heavy atom. The van der Waals surface area contributed by atoms with Crippen molar-refractivity contribution in [3.63, 3.8) is 0 Å². The van der Waals surface area contributed by atoms with Crippen LogP contribution in [0.4, 0.5) is 0 Å². The van der Waals surface area contributed by atoms with Gasteiger partial charge in [0, 0.05) is 6.04 Å². The van der Waals surface area contributed by atoms with Crippen molar-refractivity contribution >= 4 is 5.97 Å². The molecule has 0 aromatic rings.